The Kier molecular flexibility index (Phi) is 1.89. The van der Waals surface area contributed by atoms with Gasteiger partial charge in [0.15, 0.2) is 0 Å². The summed E-state index contributed by atoms with van der Waals surface area (Å²) in [5.74, 6) is -1.04. The minimum atomic E-state index is -1.04. The number of carboxylic acids is 1. The molecule has 0 aliphatic carbocycles. The van der Waals surface area contributed by atoms with Gasteiger partial charge in [0.2, 0.25) is 0 Å². The Labute approximate surface area is 83.9 Å². The van der Waals surface area contributed by atoms with Gasteiger partial charge in [-0.05, 0) is 0 Å². The van der Waals surface area contributed by atoms with E-state index in [1.54, 1.807) is 7.05 Å². The molecule has 0 saturated heterocycles. The van der Waals surface area contributed by atoms with Gasteiger partial charge >= 0.3 is 5.97 Å². The van der Waals surface area contributed by atoms with Crippen LogP contribution in [-0.4, -0.2) is 25.8 Å². The Hall–Kier alpha value is -1.62. The van der Waals surface area contributed by atoms with Crippen LogP contribution in [0.25, 0.3) is 10.9 Å². The van der Waals surface area contributed by atoms with Gasteiger partial charge in [0, 0.05) is 13.2 Å². The summed E-state index contributed by atoms with van der Waals surface area (Å²) in [6, 6.07) is 0. The minimum Gasteiger partial charge on any atom is -0.478 e. The van der Waals surface area contributed by atoms with Crippen molar-refractivity contribution in [1.29, 1.82) is 0 Å². The first-order valence-corrected chi connectivity index (χ1v) is 4.18. The molecule has 0 saturated carbocycles. The SMILES string of the molecule is Cn1ncc2c(Cl)ncc(C(=O)O)c21. The molecular weight excluding hydrogens is 206 g/mol. The molecule has 0 spiro atoms. The third-order valence-electron chi connectivity index (χ3n) is 1.95. The summed E-state index contributed by atoms with van der Waals surface area (Å²) in [5, 5.41) is 13.6. The molecule has 6 heteroatoms. The molecule has 2 rings (SSSR count). The maximum absolute atomic E-state index is 10.9. The number of aryl methyl sites for hydroxylation is 1. The summed E-state index contributed by atoms with van der Waals surface area (Å²) in [7, 11) is 1.66. The van der Waals surface area contributed by atoms with Crippen molar-refractivity contribution >= 4 is 28.5 Å². The molecule has 0 radical (unpaired) electrons. The summed E-state index contributed by atoms with van der Waals surface area (Å²) in [6.07, 6.45) is 2.73. The maximum atomic E-state index is 10.9. The normalized spacial score (nSPS) is 10.7. The Balaban J connectivity index is 2.92. The number of carboxylic acid groups (broad SMARTS) is 1. The van der Waals surface area contributed by atoms with E-state index in [4.69, 9.17) is 16.7 Å². The van der Waals surface area contributed by atoms with E-state index in [0.29, 0.717) is 10.9 Å². The molecule has 2 heterocycles. The van der Waals surface area contributed by atoms with Gasteiger partial charge in [-0.25, -0.2) is 9.78 Å². The molecule has 0 atom stereocenters. The van der Waals surface area contributed by atoms with Crippen LogP contribution >= 0.6 is 11.6 Å². The molecule has 0 fully saturated rings. The lowest BCUT2D eigenvalue weighted by Gasteiger charge is -2.00. The summed E-state index contributed by atoms with van der Waals surface area (Å²) in [5.41, 5.74) is 0.585. The van der Waals surface area contributed by atoms with Crippen LogP contribution in [0.4, 0.5) is 0 Å². The zero-order valence-electron chi connectivity index (χ0n) is 7.23. The number of carbonyl (C=O) groups is 1. The fourth-order valence-electron chi connectivity index (χ4n) is 1.32. The molecule has 0 amide bonds. The van der Waals surface area contributed by atoms with Crippen LogP contribution in [0.15, 0.2) is 12.4 Å². The molecule has 2 aromatic heterocycles. The number of aromatic carboxylic acids is 1. The van der Waals surface area contributed by atoms with Crippen molar-refractivity contribution in [3.05, 3.63) is 23.1 Å². The first-order valence-electron chi connectivity index (χ1n) is 3.80. The van der Waals surface area contributed by atoms with Gasteiger partial charge in [-0.1, -0.05) is 11.6 Å². The minimum absolute atomic E-state index is 0.101. The van der Waals surface area contributed by atoms with E-state index in [-0.39, 0.29) is 10.7 Å². The van der Waals surface area contributed by atoms with Crippen LogP contribution < -0.4 is 0 Å². The standard InChI is InChI=1S/C8H6ClN3O2/c1-12-6-4(3-11-12)7(9)10-2-5(6)8(13)14/h2-3H,1H3,(H,13,14). The summed E-state index contributed by atoms with van der Waals surface area (Å²) >= 11 is 5.79. The Morgan fingerprint density at radius 3 is 2.93 bits per heavy atom. The predicted octanol–water partition coefficient (Wildman–Crippen LogP) is 1.32. The van der Waals surface area contributed by atoms with Crippen molar-refractivity contribution < 1.29 is 9.90 Å². The van der Waals surface area contributed by atoms with E-state index in [0.717, 1.165) is 0 Å². The van der Waals surface area contributed by atoms with Crippen molar-refractivity contribution in [3.8, 4) is 0 Å². The third-order valence-corrected chi connectivity index (χ3v) is 2.25. The Bertz CT molecular complexity index is 521. The van der Waals surface area contributed by atoms with E-state index in [2.05, 4.69) is 10.1 Å². The number of hydrogen-bond acceptors (Lipinski definition) is 3. The van der Waals surface area contributed by atoms with E-state index in [1.807, 2.05) is 0 Å². The van der Waals surface area contributed by atoms with Gasteiger partial charge in [-0.15, -0.1) is 0 Å². The summed E-state index contributed by atoms with van der Waals surface area (Å²) < 4.78 is 1.46. The molecule has 0 unspecified atom stereocenters. The van der Waals surface area contributed by atoms with Crippen molar-refractivity contribution in [2.24, 2.45) is 7.05 Å². The van der Waals surface area contributed by atoms with E-state index < -0.39 is 5.97 Å². The average Bonchev–Trinajstić information content (AvgIpc) is 2.50. The van der Waals surface area contributed by atoms with E-state index in [1.165, 1.54) is 17.1 Å². The number of fused-ring (bicyclic) bond motifs is 1. The number of hydrogen-bond donors (Lipinski definition) is 1. The lowest BCUT2D eigenvalue weighted by molar-refractivity contribution is 0.0698. The van der Waals surface area contributed by atoms with Crippen LogP contribution in [0.5, 0.6) is 0 Å². The zero-order valence-corrected chi connectivity index (χ0v) is 7.99. The molecule has 1 N–H and O–H groups in total. The summed E-state index contributed by atoms with van der Waals surface area (Å²) in [4.78, 5) is 14.6. The van der Waals surface area contributed by atoms with Gasteiger partial charge < -0.3 is 5.11 Å². The molecular formula is C8H6ClN3O2. The van der Waals surface area contributed by atoms with Crippen molar-refractivity contribution in [1.82, 2.24) is 14.8 Å². The number of rotatable bonds is 1. The first-order chi connectivity index (χ1) is 6.61. The average molecular weight is 212 g/mol. The Morgan fingerprint density at radius 1 is 1.57 bits per heavy atom. The number of halogens is 1. The van der Waals surface area contributed by atoms with Crippen LogP contribution in [0.1, 0.15) is 10.4 Å². The highest BCUT2D eigenvalue weighted by molar-refractivity contribution is 6.34. The number of nitrogens with zero attached hydrogens (tertiary/aromatic N) is 3. The Morgan fingerprint density at radius 2 is 2.29 bits per heavy atom. The zero-order chi connectivity index (χ0) is 10.3. The molecule has 2 aromatic rings. The van der Waals surface area contributed by atoms with Crippen LogP contribution in [0.2, 0.25) is 5.15 Å². The van der Waals surface area contributed by atoms with Gasteiger partial charge in [-0.2, -0.15) is 5.10 Å². The molecule has 72 valence electrons. The third kappa shape index (κ3) is 1.13. The molecule has 5 nitrogen and oxygen atoms in total. The van der Waals surface area contributed by atoms with Crippen LogP contribution in [0.3, 0.4) is 0 Å². The van der Waals surface area contributed by atoms with E-state index >= 15 is 0 Å². The van der Waals surface area contributed by atoms with Crippen LogP contribution in [0, 0.1) is 0 Å². The second kappa shape index (κ2) is 2.95. The second-order valence-corrected chi connectivity index (χ2v) is 3.16. The summed E-state index contributed by atoms with van der Waals surface area (Å²) in [6.45, 7) is 0. The fourth-order valence-corrected chi connectivity index (χ4v) is 1.50. The highest BCUT2D eigenvalue weighted by Gasteiger charge is 2.15. The first kappa shape index (κ1) is 8.96. The smallest absolute Gasteiger partial charge is 0.339 e. The lowest BCUT2D eigenvalue weighted by Crippen LogP contribution is -2.02. The molecule has 0 aromatic carbocycles. The van der Waals surface area contributed by atoms with Crippen molar-refractivity contribution in [3.63, 3.8) is 0 Å². The van der Waals surface area contributed by atoms with Gasteiger partial charge in [-0.3, -0.25) is 4.68 Å². The van der Waals surface area contributed by atoms with Gasteiger partial charge in [0.05, 0.1) is 17.1 Å². The van der Waals surface area contributed by atoms with Crippen molar-refractivity contribution in [2.45, 2.75) is 0 Å². The molecule has 14 heavy (non-hydrogen) atoms. The maximum Gasteiger partial charge on any atom is 0.339 e. The number of aromatic nitrogens is 3. The highest BCUT2D eigenvalue weighted by Crippen LogP contribution is 2.23. The molecule has 0 bridgehead atoms. The monoisotopic (exact) mass is 211 g/mol. The highest BCUT2D eigenvalue weighted by atomic mass is 35.5. The van der Waals surface area contributed by atoms with Gasteiger partial charge in [0.25, 0.3) is 0 Å². The van der Waals surface area contributed by atoms with Crippen molar-refractivity contribution in [2.75, 3.05) is 0 Å². The molecule has 0 aliphatic rings. The second-order valence-electron chi connectivity index (χ2n) is 2.80. The predicted molar refractivity (Wildman–Crippen MR) is 50.5 cm³/mol. The largest absolute Gasteiger partial charge is 0.478 e. The quantitative estimate of drug-likeness (QED) is 0.723. The fraction of sp³-hybridized carbons (Fsp3) is 0.125. The molecule has 0 aliphatic heterocycles. The van der Waals surface area contributed by atoms with E-state index in [9.17, 15) is 4.79 Å². The topological polar surface area (TPSA) is 68.0 Å². The number of pyridine rings is 1. The lowest BCUT2D eigenvalue weighted by atomic mass is 10.2. The van der Waals surface area contributed by atoms with Gasteiger partial charge in [0.1, 0.15) is 10.7 Å². The van der Waals surface area contributed by atoms with Crippen LogP contribution in [-0.2, 0) is 7.05 Å².